The van der Waals surface area contributed by atoms with Gasteiger partial charge in [0.25, 0.3) is 5.71 Å². The molecule has 27 heavy (non-hydrogen) atoms. The molecular weight excluding hydrogens is 359 g/mol. The van der Waals surface area contributed by atoms with E-state index in [4.69, 9.17) is 4.52 Å². The van der Waals surface area contributed by atoms with Crippen molar-refractivity contribution in [2.45, 2.75) is 38.4 Å². The predicted octanol–water partition coefficient (Wildman–Crippen LogP) is 3.66. The Balaban J connectivity index is 1.65. The molecule has 0 amide bonds. The van der Waals surface area contributed by atoms with Crippen LogP contribution in [-0.4, -0.2) is 37.9 Å². The van der Waals surface area contributed by atoms with Gasteiger partial charge in [-0.2, -0.15) is 18.3 Å². The van der Waals surface area contributed by atoms with Crippen LogP contribution < -0.4 is 0 Å². The Morgan fingerprint density at radius 3 is 2.85 bits per heavy atom. The third-order valence-electron chi connectivity index (χ3n) is 4.96. The molecule has 0 radical (unpaired) electrons. The van der Waals surface area contributed by atoms with Gasteiger partial charge in [-0.15, -0.1) is 0 Å². The Hall–Kier alpha value is -2.42. The summed E-state index contributed by atoms with van der Waals surface area (Å²) >= 11 is 0. The molecule has 6 nitrogen and oxygen atoms in total. The number of alkyl halides is 3. The van der Waals surface area contributed by atoms with Crippen LogP contribution >= 0.6 is 0 Å². The molecule has 0 saturated carbocycles. The topological polar surface area (TPSA) is 60.0 Å². The van der Waals surface area contributed by atoms with Gasteiger partial charge in [-0.25, -0.2) is 4.98 Å². The SMILES string of the molecule is Cc1cc(C(F)(F)F)c2c(C3CCCN(Cc4cnn(C)c4)C3)noc2n1. The molecule has 0 N–H and O–H groups in total. The number of fused-ring (bicyclic) bond motifs is 1. The van der Waals surface area contributed by atoms with E-state index in [1.54, 1.807) is 4.68 Å². The fourth-order valence-corrected chi connectivity index (χ4v) is 3.83. The van der Waals surface area contributed by atoms with E-state index < -0.39 is 11.7 Å². The average Bonchev–Trinajstić information content (AvgIpc) is 3.19. The second-order valence-corrected chi connectivity index (χ2v) is 7.15. The van der Waals surface area contributed by atoms with Crippen molar-refractivity contribution in [3.63, 3.8) is 0 Å². The zero-order valence-corrected chi connectivity index (χ0v) is 15.1. The van der Waals surface area contributed by atoms with Crippen LogP contribution in [0.15, 0.2) is 23.0 Å². The Morgan fingerprint density at radius 2 is 2.15 bits per heavy atom. The fourth-order valence-electron chi connectivity index (χ4n) is 3.83. The minimum absolute atomic E-state index is 0.00123. The summed E-state index contributed by atoms with van der Waals surface area (Å²) < 4.78 is 47.6. The predicted molar refractivity (Wildman–Crippen MR) is 92.0 cm³/mol. The Bertz CT molecular complexity index is 962. The molecule has 3 aromatic heterocycles. The molecule has 1 aliphatic rings. The van der Waals surface area contributed by atoms with Gasteiger partial charge in [0.2, 0.25) is 0 Å². The number of pyridine rings is 1. The molecule has 1 aliphatic heterocycles. The molecule has 4 rings (SSSR count). The standard InChI is InChI=1S/C18H20F3N5O/c1-11-6-14(18(19,20)21)15-16(24-27-17(15)23-11)13-4-3-5-26(10-13)9-12-7-22-25(2)8-12/h6-8,13H,3-5,9-10H2,1-2H3. The minimum atomic E-state index is -4.48. The summed E-state index contributed by atoms with van der Waals surface area (Å²) in [5.41, 5.74) is 0.948. The lowest BCUT2D eigenvalue weighted by Gasteiger charge is -2.31. The number of nitrogens with zero attached hydrogens (tertiary/aromatic N) is 5. The second-order valence-electron chi connectivity index (χ2n) is 7.15. The molecule has 0 bridgehead atoms. The summed E-state index contributed by atoms with van der Waals surface area (Å²) in [7, 11) is 1.86. The lowest BCUT2D eigenvalue weighted by molar-refractivity contribution is -0.136. The normalized spacial score (nSPS) is 19.1. The molecule has 3 aromatic rings. The zero-order chi connectivity index (χ0) is 19.2. The Labute approximate surface area is 153 Å². The molecule has 4 heterocycles. The number of hydrogen-bond acceptors (Lipinski definition) is 5. The van der Waals surface area contributed by atoms with Gasteiger partial charge in [-0.05, 0) is 32.4 Å². The van der Waals surface area contributed by atoms with E-state index >= 15 is 0 Å². The molecule has 0 aliphatic carbocycles. The smallest absolute Gasteiger partial charge is 0.336 e. The molecule has 1 saturated heterocycles. The van der Waals surface area contributed by atoms with Crippen LogP contribution in [0.2, 0.25) is 0 Å². The number of aryl methyl sites for hydroxylation is 2. The van der Waals surface area contributed by atoms with Crippen molar-refractivity contribution < 1.29 is 17.7 Å². The molecule has 1 atom stereocenters. The Kier molecular flexibility index (Phi) is 4.41. The first-order valence-corrected chi connectivity index (χ1v) is 8.85. The molecule has 1 unspecified atom stereocenters. The molecular formula is C18H20F3N5O. The largest absolute Gasteiger partial charge is 0.417 e. The minimum Gasteiger partial charge on any atom is -0.336 e. The third kappa shape index (κ3) is 3.55. The van der Waals surface area contributed by atoms with Crippen LogP contribution in [0.3, 0.4) is 0 Å². The van der Waals surface area contributed by atoms with Gasteiger partial charge in [-0.1, -0.05) is 5.16 Å². The average molecular weight is 379 g/mol. The van der Waals surface area contributed by atoms with E-state index in [0.717, 1.165) is 31.0 Å². The Morgan fingerprint density at radius 1 is 1.33 bits per heavy atom. The van der Waals surface area contributed by atoms with E-state index in [1.165, 1.54) is 6.92 Å². The third-order valence-corrected chi connectivity index (χ3v) is 4.96. The first kappa shape index (κ1) is 18.0. The van der Waals surface area contributed by atoms with E-state index in [9.17, 15) is 13.2 Å². The number of likely N-dealkylation sites (tertiary alicyclic amines) is 1. The highest BCUT2D eigenvalue weighted by molar-refractivity contribution is 5.81. The molecule has 0 aromatic carbocycles. The van der Waals surface area contributed by atoms with Crippen molar-refractivity contribution in [3.05, 3.63) is 41.0 Å². The van der Waals surface area contributed by atoms with Gasteiger partial charge in [0.1, 0.15) is 0 Å². The van der Waals surface area contributed by atoms with Crippen molar-refractivity contribution in [1.82, 2.24) is 24.8 Å². The summed E-state index contributed by atoms with van der Waals surface area (Å²) in [4.78, 5) is 6.32. The quantitative estimate of drug-likeness (QED) is 0.695. The van der Waals surface area contributed by atoms with Crippen LogP contribution in [0.25, 0.3) is 11.1 Å². The van der Waals surface area contributed by atoms with Crippen LogP contribution in [0.4, 0.5) is 13.2 Å². The highest BCUT2D eigenvalue weighted by atomic mass is 19.4. The lowest BCUT2D eigenvalue weighted by atomic mass is 9.91. The summed E-state index contributed by atoms with van der Waals surface area (Å²) in [5, 5.41) is 8.17. The summed E-state index contributed by atoms with van der Waals surface area (Å²) in [5.74, 6) is -0.123. The monoisotopic (exact) mass is 379 g/mol. The zero-order valence-electron chi connectivity index (χ0n) is 15.1. The second kappa shape index (κ2) is 6.63. The first-order chi connectivity index (χ1) is 12.8. The van der Waals surface area contributed by atoms with Crippen molar-refractivity contribution >= 4 is 11.1 Å². The first-order valence-electron chi connectivity index (χ1n) is 8.85. The highest BCUT2D eigenvalue weighted by Crippen LogP contribution is 2.40. The summed E-state index contributed by atoms with van der Waals surface area (Å²) in [6.45, 7) is 3.75. The maximum absolute atomic E-state index is 13.6. The van der Waals surface area contributed by atoms with Gasteiger partial charge < -0.3 is 4.52 Å². The number of piperidine rings is 1. The van der Waals surface area contributed by atoms with Gasteiger partial charge >= 0.3 is 6.18 Å². The molecule has 0 spiro atoms. The molecule has 1 fully saturated rings. The van der Waals surface area contributed by atoms with Gasteiger partial charge in [0, 0.05) is 43.5 Å². The molecule has 144 valence electrons. The highest BCUT2D eigenvalue weighted by Gasteiger charge is 2.37. The van der Waals surface area contributed by atoms with Crippen molar-refractivity contribution in [1.29, 1.82) is 0 Å². The number of hydrogen-bond donors (Lipinski definition) is 0. The van der Waals surface area contributed by atoms with E-state index in [0.29, 0.717) is 18.8 Å². The van der Waals surface area contributed by atoms with E-state index in [2.05, 4.69) is 20.1 Å². The van der Waals surface area contributed by atoms with Crippen LogP contribution in [0.1, 0.15) is 41.3 Å². The van der Waals surface area contributed by atoms with Crippen LogP contribution in [0, 0.1) is 6.92 Å². The van der Waals surface area contributed by atoms with Crippen LogP contribution in [-0.2, 0) is 19.8 Å². The van der Waals surface area contributed by atoms with Gasteiger partial charge in [0.15, 0.2) is 0 Å². The van der Waals surface area contributed by atoms with Gasteiger partial charge in [-0.3, -0.25) is 9.58 Å². The van der Waals surface area contributed by atoms with Crippen molar-refractivity contribution in [2.24, 2.45) is 7.05 Å². The lowest BCUT2D eigenvalue weighted by Crippen LogP contribution is -2.34. The number of aromatic nitrogens is 4. The summed E-state index contributed by atoms with van der Waals surface area (Å²) in [6, 6.07) is 1.07. The van der Waals surface area contributed by atoms with Crippen molar-refractivity contribution in [3.8, 4) is 0 Å². The van der Waals surface area contributed by atoms with Crippen molar-refractivity contribution in [2.75, 3.05) is 13.1 Å². The number of rotatable bonds is 3. The number of halogens is 3. The van der Waals surface area contributed by atoms with Crippen LogP contribution in [0.5, 0.6) is 0 Å². The fraction of sp³-hybridized carbons (Fsp3) is 0.500. The maximum Gasteiger partial charge on any atom is 0.417 e. The molecule has 9 heteroatoms. The van der Waals surface area contributed by atoms with E-state index in [-0.39, 0.29) is 22.7 Å². The van der Waals surface area contributed by atoms with Gasteiger partial charge in [0.05, 0.1) is 22.8 Å². The maximum atomic E-state index is 13.6. The summed E-state index contributed by atoms with van der Waals surface area (Å²) in [6.07, 6.45) is 0.944. The van der Waals surface area contributed by atoms with E-state index in [1.807, 2.05) is 19.4 Å².